The minimum absolute atomic E-state index is 0.00375. The van der Waals surface area contributed by atoms with Crippen LogP contribution in [-0.2, 0) is 4.79 Å². The first-order valence-corrected chi connectivity index (χ1v) is 5.63. The topological polar surface area (TPSA) is 76.3 Å². The van der Waals surface area contributed by atoms with Gasteiger partial charge in [0.25, 0.3) is 0 Å². The lowest BCUT2D eigenvalue weighted by Crippen LogP contribution is -2.25. The standard InChI is InChI=1S/C11H10ClN3O3/c1-2-7-3-11(16)14(6-7)8-4-10(12)13-5-9(8)15(17)18/h2,4-5,7H,1,3,6H2. The summed E-state index contributed by atoms with van der Waals surface area (Å²) < 4.78 is 0. The molecule has 94 valence electrons. The molecule has 1 amide bonds. The van der Waals surface area contributed by atoms with E-state index < -0.39 is 4.92 Å². The fourth-order valence-corrected chi connectivity index (χ4v) is 2.05. The van der Waals surface area contributed by atoms with Crippen molar-refractivity contribution in [1.82, 2.24) is 4.98 Å². The highest BCUT2D eigenvalue weighted by Gasteiger charge is 2.33. The summed E-state index contributed by atoms with van der Waals surface area (Å²) in [5.74, 6) is -0.172. The Bertz CT molecular complexity index is 532. The van der Waals surface area contributed by atoms with Gasteiger partial charge in [0.1, 0.15) is 17.0 Å². The van der Waals surface area contributed by atoms with Crippen LogP contribution in [0.25, 0.3) is 0 Å². The van der Waals surface area contributed by atoms with E-state index in [0.29, 0.717) is 13.0 Å². The summed E-state index contributed by atoms with van der Waals surface area (Å²) in [5.41, 5.74) is -0.0354. The number of hydrogen-bond acceptors (Lipinski definition) is 4. The Balaban J connectivity index is 2.44. The van der Waals surface area contributed by atoms with Crippen LogP contribution in [0, 0.1) is 16.0 Å². The van der Waals surface area contributed by atoms with Crippen molar-refractivity contribution >= 4 is 28.9 Å². The smallest absolute Gasteiger partial charge is 0.306 e. The van der Waals surface area contributed by atoms with Gasteiger partial charge in [-0.15, -0.1) is 6.58 Å². The van der Waals surface area contributed by atoms with Crippen LogP contribution in [0.4, 0.5) is 11.4 Å². The zero-order valence-corrected chi connectivity index (χ0v) is 10.1. The number of halogens is 1. The lowest BCUT2D eigenvalue weighted by molar-refractivity contribution is -0.384. The van der Waals surface area contributed by atoms with E-state index >= 15 is 0 Å². The molecule has 1 aliphatic rings. The van der Waals surface area contributed by atoms with Gasteiger partial charge in [-0.05, 0) is 0 Å². The lowest BCUT2D eigenvalue weighted by Gasteiger charge is -2.16. The van der Waals surface area contributed by atoms with Crippen LogP contribution in [-0.4, -0.2) is 22.4 Å². The summed E-state index contributed by atoms with van der Waals surface area (Å²) >= 11 is 5.73. The van der Waals surface area contributed by atoms with Crippen molar-refractivity contribution < 1.29 is 9.72 Å². The van der Waals surface area contributed by atoms with Gasteiger partial charge in [-0.2, -0.15) is 0 Å². The average Bonchev–Trinajstić information content (AvgIpc) is 2.70. The average molecular weight is 268 g/mol. The molecule has 1 aromatic rings. The highest BCUT2D eigenvalue weighted by Crippen LogP contribution is 2.34. The van der Waals surface area contributed by atoms with Crippen LogP contribution >= 0.6 is 11.6 Å². The largest absolute Gasteiger partial charge is 0.311 e. The molecule has 1 fully saturated rings. The highest BCUT2D eigenvalue weighted by atomic mass is 35.5. The quantitative estimate of drug-likeness (QED) is 0.364. The molecule has 1 aromatic heterocycles. The van der Waals surface area contributed by atoms with Crippen LogP contribution in [0.2, 0.25) is 5.15 Å². The molecule has 6 nitrogen and oxygen atoms in total. The van der Waals surface area contributed by atoms with E-state index in [9.17, 15) is 14.9 Å². The van der Waals surface area contributed by atoms with E-state index in [2.05, 4.69) is 11.6 Å². The molecule has 0 N–H and O–H groups in total. The Morgan fingerprint density at radius 3 is 2.94 bits per heavy atom. The van der Waals surface area contributed by atoms with E-state index in [0.717, 1.165) is 6.20 Å². The zero-order chi connectivity index (χ0) is 13.3. The van der Waals surface area contributed by atoms with Crippen LogP contribution in [0.1, 0.15) is 6.42 Å². The molecule has 0 bridgehead atoms. The Labute approximate surface area is 108 Å². The number of carbonyl (C=O) groups excluding carboxylic acids is 1. The summed E-state index contributed by atoms with van der Waals surface area (Å²) in [6, 6.07) is 1.34. The Kier molecular flexibility index (Phi) is 3.29. The molecule has 18 heavy (non-hydrogen) atoms. The Morgan fingerprint density at radius 2 is 2.39 bits per heavy atom. The van der Waals surface area contributed by atoms with Crippen molar-refractivity contribution in [1.29, 1.82) is 0 Å². The maximum Gasteiger partial charge on any atom is 0.311 e. The molecule has 0 saturated carbocycles. The predicted octanol–water partition coefficient (Wildman–Crippen LogP) is 2.18. The number of anilines is 1. The Morgan fingerprint density at radius 1 is 1.67 bits per heavy atom. The second-order valence-electron chi connectivity index (χ2n) is 3.96. The number of amides is 1. The van der Waals surface area contributed by atoms with Gasteiger partial charge in [0.05, 0.1) is 4.92 Å². The van der Waals surface area contributed by atoms with Gasteiger partial charge in [0.15, 0.2) is 0 Å². The maximum absolute atomic E-state index is 11.8. The first-order valence-electron chi connectivity index (χ1n) is 5.25. The van der Waals surface area contributed by atoms with Crippen molar-refractivity contribution in [3.63, 3.8) is 0 Å². The van der Waals surface area contributed by atoms with Gasteiger partial charge in [-0.3, -0.25) is 14.9 Å². The zero-order valence-electron chi connectivity index (χ0n) is 9.38. The monoisotopic (exact) mass is 267 g/mol. The van der Waals surface area contributed by atoms with Crippen molar-refractivity contribution in [2.75, 3.05) is 11.4 Å². The molecule has 2 heterocycles. The van der Waals surface area contributed by atoms with Crippen LogP contribution in [0.15, 0.2) is 24.9 Å². The van der Waals surface area contributed by atoms with Gasteiger partial charge in [0, 0.05) is 24.9 Å². The van der Waals surface area contributed by atoms with Gasteiger partial charge in [-0.1, -0.05) is 17.7 Å². The van der Waals surface area contributed by atoms with Crippen LogP contribution in [0.5, 0.6) is 0 Å². The fraction of sp³-hybridized carbons (Fsp3) is 0.273. The van der Waals surface area contributed by atoms with Crippen molar-refractivity contribution in [3.05, 3.63) is 40.2 Å². The summed E-state index contributed by atoms with van der Waals surface area (Å²) in [5, 5.41) is 11.0. The molecular weight excluding hydrogens is 258 g/mol. The van der Waals surface area contributed by atoms with E-state index in [1.807, 2.05) is 0 Å². The molecule has 2 rings (SSSR count). The predicted molar refractivity (Wildman–Crippen MR) is 66.6 cm³/mol. The molecular formula is C11H10ClN3O3. The summed E-state index contributed by atoms with van der Waals surface area (Å²) in [7, 11) is 0. The summed E-state index contributed by atoms with van der Waals surface area (Å²) in [6.45, 7) is 4.01. The number of hydrogen-bond donors (Lipinski definition) is 0. The second-order valence-corrected chi connectivity index (χ2v) is 4.34. The molecule has 1 aliphatic heterocycles. The molecule has 1 unspecified atom stereocenters. The minimum Gasteiger partial charge on any atom is -0.306 e. The van der Waals surface area contributed by atoms with E-state index in [4.69, 9.17) is 11.6 Å². The first-order chi connectivity index (χ1) is 8.52. The van der Waals surface area contributed by atoms with Gasteiger partial charge in [0.2, 0.25) is 5.91 Å². The number of rotatable bonds is 3. The van der Waals surface area contributed by atoms with Crippen molar-refractivity contribution in [2.45, 2.75) is 6.42 Å². The number of pyridine rings is 1. The fourth-order valence-electron chi connectivity index (χ4n) is 1.90. The van der Waals surface area contributed by atoms with E-state index in [1.165, 1.54) is 11.0 Å². The molecule has 0 aliphatic carbocycles. The van der Waals surface area contributed by atoms with Crippen LogP contribution < -0.4 is 4.90 Å². The maximum atomic E-state index is 11.8. The van der Waals surface area contributed by atoms with E-state index in [-0.39, 0.29) is 28.4 Å². The third-order valence-electron chi connectivity index (χ3n) is 2.80. The molecule has 1 atom stereocenters. The Hall–Kier alpha value is -1.95. The molecule has 0 aromatic carbocycles. The number of nitro groups is 1. The third-order valence-corrected chi connectivity index (χ3v) is 3.01. The number of nitrogens with zero attached hydrogens (tertiary/aromatic N) is 3. The van der Waals surface area contributed by atoms with Gasteiger partial charge < -0.3 is 4.90 Å². The molecule has 1 saturated heterocycles. The molecule has 0 spiro atoms. The second kappa shape index (κ2) is 4.73. The third kappa shape index (κ3) is 2.19. The van der Waals surface area contributed by atoms with Crippen molar-refractivity contribution in [2.24, 2.45) is 5.92 Å². The van der Waals surface area contributed by atoms with Crippen molar-refractivity contribution in [3.8, 4) is 0 Å². The summed E-state index contributed by atoms with van der Waals surface area (Å²) in [6.07, 6.45) is 3.04. The molecule has 0 radical (unpaired) electrons. The number of carbonyl (C=O) groups is 1. The number of aromatic nitrogens is 1. The van der Waals surface area contributed by atoms with Gasteiger partial charge >= 0.3 is 5.69 Å². The lowest BCUT2D eigenvalue weighted by atomic mass is 10.1. The summed E-state index contributed by atoms with van der Waals surface area (Å²) in [4.78, 5) is 27.2. The SMILES string of the molecule is C=CC1CC(=O)N(c2cc(Cl)ncc2[N+](=O)[O-])C1. The van der Waals surface area contributed by atoms with E-state index in [1.54, 1.807) is 6.08 Å². The first kappa shape index (κ1) is 12.5. The molecule has 7 heteroatoms. The van der Waals surface area contributed by atoms with Gasteiger partial charge in [-0.25, -0.2) is 4.98 Å². The normalized spacial score (nSPS) is 19.1. The van der Waals surface area contributed by atoms with Crippen LogP contribution in [0.3, 0.4) is 0 Å². The highest BCUT2D eigenvalue weighted by molar-refractivity contribution is 6.29. The minimum atomic E-state index is -0.576.